The lowest BCUT2D eigenvalue weighted by Crippen LogP contribution is -2.47. The Hall–Kier alpha value is -3.09. The molecule has 7 nitrogen and oxygen atoms in total. The standard InChI is InChI=1S/C19H21N7/c1-2-15-13-22-18(23-14-15)25-9-11-26(12-10-25)19-21-8-5-17(24-19)16-3-6-20-7-4-16/h3-8,13-14H,2,9-12H2,1H3. The van der Waals surface area contributed by atoms with Gasteiger partial charge < -0.3 is 9.80 Å². The van der Waals surface area contributed by atoms with Gasteiger partial charge in [0.1, 0.15) is 0 Å². The van der Waals surface area contributed by atoms with E-state index in [1.165, 1.54) is 0 Å². The summed E-state index contributed by atoms with van der Waals surface area (Å²) in [4.78, 5) is 26.6. The minimum atomic E-state index is 0.765. The molecule has 1 aliphatic heterocycles. The molecule has 0 unspecified atom stereocenters. The maximum atomic E-state index is 4.72. The first-order chi connectivity index (χ1) is 12.8. The van der Waals surface area contributed by atoms with Crippen LogP contribution in [0.1, 0.15) is 12.5 Å². The SMILES string of the molecule is CCc1cnc(N2CCN(c3nccc(-c4ccncc4)n3)CC2)nc1. The van der Waals surface area contributed by atoms with Crippen molar-refractivity contribution < 1.29 is 0 Å². The Bertz CT molecular complexity index is 843. The van der Waals surface area contributed by atoms with Crippen molar-refractivity contribution in [3.63, 3.8) is 0 Å². The first-order valence-electron chi connectivity index (χ1n) is 8.88. The lowest BCUT2D eigenvalue weighted by atomic mass is 10.2. The highest BCUT2D eigenvalue weighted by Crippen LogP contribution is 2.19. The van der Waals surface area contributed by atoms with E-state index in [1.54, 1.807) is 12.4 Å². The van der Waals surface area contributed by atoms with Crippen molar-refractivity contribution in [1.82, 2.24) is 24.9 Å². The summed E-state index contributed by atoms with van der Waals surface area (Å²) in [6.07, 6.45) is 10.2. The number of rotatable bonds is 4. The molecule has 0 N–H and O–H groups in total. The first kappa shape index (κ1) is 16.4. The van der Waals surface area contributed by atoms with Crippen LogP contribution in [0, 0.1) is 0 Å². The number of hydrogen-bond donors (Lipinski definition) is 0. The molecule has 0 bridgehead atoms. The van der Waals surface area contributed by atoms with Crippen LogP contribution in [0.5, 0.6) is 0 Å². The maximum absolute atomic E-state index is 4.72. The summed E-state index contributed by atoms with van der Waals surface area (Å²) in [6.45, 7) is 5.51. The number of hydrogen-bond acceptors (Lipinski definition) is 7. The van der Waals surface area contributed by atoms with Crippen LogP contribution in [-0.2, 0) is 6.42 Å². The van der Waals surface area contributed by atoms with Gasteiger partial charge in [-0.2, -0.15) is 0 Å². The summed E-state index contributed by atoms with van der Waals surface area (Å²) in [7, 11) is 0. The van der Waals surface area contributed by atoms with Crippen LogP contribution < -0.4 is 9.80 Å². The van der Waals surface area contributed by atoms with E-state index in [1.807, 2.05) is 36.8 Å². The number of pyridine rings is 1. The normalized spacial score (nSPS) is 14.5. The minimum Gasteiger partial charge on any atom is -0.337 e. The lowest BCUT2D eigenvalue weighted by molar-refractivity contribution is 0.627. The van der Waals surface area contributed by atoms with Crippen LogP contribution in [0.15, 0.2) is 49.2 Å². The maximum Gasteiger partial charge on any atom is 0.225 e. The zero-order chi connectivity index (χ0) is 17.8. The molecule has 0 saturated carbocycles. The minimum absolute atomic E-state index is 0.765. The van der Waals surface area contributed by atoms with Crippen LogP contribution in [0.3, 0.4) is 0 Å². The van der Waals surface area contributed by atoms with Crippen molar-refractivity contribution in [2.75, 3.05) is 36.0 Å². The van der Waals surface area contributed by atoms with Crippen molar-refractivity contribution in [3.8, 4) is 11.3 Å². The average molecular weight is 347 g/mol. The van der Waals surface area contributed by atoms with E-state index in [0.717, 1.165) is 61.3 Å². The molecular weight excluding hydrogens is 326 g/mol. The second kappa shape index (κ2) is 7.43. The second-order valence-corrected chi connectivity index (χ2v) is 6.20. The Labute approximate surface area is 152 Å². The fourth-order valence-corrected chi connectivity index (χ4v) is 2.98. The molecule has 3 aromatic heterocycles. The first-order valence-corrected chi connectivity index (χ1v) is 8.88. The molecule has 0 radical (unpaired) electrons. The molecule has 0 spiro atoms. The van der Waals surface area contributed by atoms with Gasteiger partial charge in [0.15, 0.2) is 0 Å². The van der Waals surface area contributed by atoms with Crippen LogP contribution in [0.4, 0.5) is 11.9 Å². The second-order valence-electron chi connectivity index (χ2n) is 6.20. The fraction of sp³-hybridized carbons (Fsp3) is 0.316. The molecule has 0 aromatic carbocycles. The smallest absolute Gasteiger partial charge is 0.225 e. The number of aryl methyl sites for hydroxylation is 1. The van der Waals surface area contributed by atoms with E-state index in [4.69, 9.17) is 4.98 Å². The summed E-state index contributed by atoms with van der Waals surface area (Å²) in [5.41, 5.74) is 3.12. The molecule has 0 amide bonds. The third-order valence-corrected chi connectivity index (χ3v) is 4.56. The summed E-state index contributed by atoms with van der Waals surface area (Å²) in [6, 6.07) is 5.85. The number of piperazine rings is 1. The highest BCUT2D eigenvalue weighted by molar-refractivity contribution is 5.59. The van der Waals surface area contributed by atoms with E-state index in [0.29, 0.717) is 0 Å². The van der Waals surface area contributed by atoms with Crippen LogP contribution >= 0.6 is 0 Å². The van der Waals surface area contributed by atoms with Crippen molar-refractivity contribution in [3.05, 3.63) is 54.7 Å². The van der Waals surface area contributed by atoms with Crippen molar-refractivity contribution in [2.45, 2.75) is 13.3 Å². The summed E-state index contributed by atoms with van der Waals surface area (Å²) >= 11 is 0. The van der Waals surface area contributed by atoms with E-state index in [9.17, 15) is 0 Å². The van der Waals surface area contributed by atoms with Gasteiger partial charge in [-0.05, 0) is 30.2 Å². The molecule has 3 aromatic rings. The number of nitrogens with zero attached hydrogens (tertiary/aromatic N) is 7. The molecular formula is C19H21N7. The molecule has 0 atom stereocenters. The third kappa shape index (κ3) is 3.46. The molecule has 4 rings (SSSR count). The Kier molecular flexibility index (Phi) is 4.68. The molecule has 132 valence electrons. The van der Waals surface area contributed by atoms with Gasteiger partial charge in [0, 0.05) is 62.7 Å². The monoisotopic (exact) mass is 347 g/mol. The van der Waals surface area contributed by atoms with Gasteiger partial charge in [0.2, 0.25) is 11.9 Å². The zero-order valence-electron chi connectivity index (χ0n) is 14.8. The predicted molar refractivity (Wildman–Crippen MR) is 101 cm³/mol. The summed E-state index contributed by atoms with van der Waals surface area (Å²) in [5.74, 6) is 1.56. The molecule has 1 fully saturated rings. The highest BCUT2D eigenvalue weighted by atomic mass is 15.3. The van der Waals surface area contributed by atoms with Gasteiger partial charge in [-0.1, -0.05) is 6.92 Å². The molecule has 1 saturated heterocycles. The Morgan fingerprint density at radius 2 is 1.46 bits per heavy atom. The van der Waals surface area contributed by atoms with Crippen LogP contribution in [0.2, 0.25) is 0 Å². The van der Waals surface area contributed by atoms with E-state index < -0.39 is 0 Å². The fourth-order valence-electron chi connectivity index (χ4n) is 2.98. The number of anilines is 2. The molecule has 4 heterocycles. The topological polar surface area (TPSA) is 70.9 Å². The van der Waals surface area contributed by atoms with E-state index in [-0.39, 0.29) is 0 Å². The van der Waals surface area contributed by atoms with Gasteiger partial charge in [-0.25, -0.2) is 19.9 Å². The van der Waals surface area contributed by atoms with Crippen LogP contribution in [0.25, 0.3) is 11.3 Å². The quantitative estimate of drug-likeness (QED) is 0.716. The van der Waals surface area contributed by atoms with Gasteiger partial charge in [-0.15, -0.1) is 0 Å². The lowest BCUT2D eigenvalue weighted by Gasteiger charge is -2.34. The molecule has 7 heteroatoms. The van der Waals surface area contributed by atoms with Gasteiger partial charge in [-0.3, -0.25) is 4.98 Å². The Morgan fingerprint density at radius 3 is 2.12 bits per heavy atom. The Morgan fingerprint density at radius 1 is 0.808 bits per heavy atom. The van der Waals surface area contributed by atoms with Crippen molar-refractivity contribution in [1.29, 1.82) is 0 Å². The van der Waals surface area contributed by atoms with E-state index in [2.05, 4.69) is 36.7 Å². The van der Waals surface area contributed by atoms with Crippen LogP contribution in [-0.4, -0.2) is 51.1 Å². The predicted octanol–water partition coefficient (Wildman–Crippen LogP) is 2.22. The summed E-state index contributed by atoms with van der Waals surface area (Å²) in [5, 5.41) is 0. The Balaban J connectivity index is 1.44. The molecule has 0 aliphatic carbocycles. The molecule has 26 heavy (non-hydrogen) atoms. The largest absolute Gasteiger partial charge is 0.337 e. The van der Waals surface area contributed by atoms with Gasteiger partial charge >= 0.3 is 0 Å². The average Bonchev–Trinajstić information content (AvgIpc) is 2.75. The molecule has 1 aliphatic rings. The van der Waals surface area contributed by atoms with Gasteiger partial charge in [0.05, 0.1) is 5.69 Å². The number of aromatic nitrogens is 5. The summed E-state index contributed by atoms with van der Waals surface area (Å²) < 4.78 is 0. The third-order valence-electron chi connectivity index (χ3n) is 4.56. The van der Waals surface area contributed by atoms with E-state index >= 15 is 0 Å². The zero-order valence-corrected chi connectivity index (χ0v) is 14.8. The highest BCUT2D eigenvalue weighted by Gasteiger charge is 2.21. The van der Waals surface area contributed by atoms with Crippen molar-refractivity contribution in [2.24, 2.45) is 0 Å². The van der Waals surface area contributed by atoms with Crippen molar-refractivity contribution >= 4 is 11.9 Å². The van der Waals surface area contributed by atoms with Gasteiger partial charge in [0.25, 0.3) is 0 Å².